The first-order chi connectivity index (χ1) is 7.24. The van der Waals surface area contributed by atoms with E-state index in [0.717, 1.165) is 15.9 Å². The van der Waals surface area contributed by atoms with Gasteiger partial charge in [0, 0.05) is 12.1 Å². The Balaban J connectivity index is 2.18. The van der Waals surface area contributed by atoms with Gasteiger partial charge in [0.1, 0.15) is 16.7 Å². The third kappa shape index (κ3) is 2.83. The molecule has 0 bridgehead atoms. The van der Waals surface area contributed by atoms with Gasteiger partial charge in [0.15, 0.2) is 0 Å². The van der Waals surface area contributed by atoms with Gasteiger partial charge in [-0.3, -0.25) is 0 Å². The Kier molecular flexibility index (Phi) is 3.06. The van der Waals surface area contributed by atoms with E-state index in [1.165, 1.54) is 18.5 Å². The summed E-state index contributed by atoms with van der Waals surface area (Å²) in [5, 5.41) is 0. The van der Waals surface area contributed by atoms with E-state index in [1.807, 2.05) is 6.07 Å². The van der Waals surface area contributed by atoms with Crippen molar-refractivity contribution >= 4 is 15.9 Å². The van der Waals surface area contributed by atoms with E-state index in [1.54, 1.807) is 12.1 Å². The Bertz CT molecular complexity index is 456. The molecule has 1 aromatic heterocycles. The van der Waals surface area contributed by atoms with Crippen LogP contribution < -0.4 is 0 Å². The second-order valence-electron chi connectivity index (χ2n) is 3.14. The molecule has 0 amide bonds. The number of aromatic nitrogens is 2. The molecule has 1 aromatic carbocycles. The molecule has 0 fully saturated rings. The summed E-state index contributed by atoms with van der Waals surface area (Å²) >= 11 is 3.28. The monoisotopic (exact) mass is 266 g/mol. The normalized spacial score (nSPS) is 10.3. The van der Waals surface area contributed by atoms with E-state index in [9.17, 15) is 4.39 Å². The molecule has 0 atom stereocenters. The van der Waals surface area contributed by atoms with Gasteiger partial charge < -0.3 is 0 Å². The highest BCUT2D eigenvalue weighted by Crippen LogP contribution is 2.11. The molecule has 15 heavy (non-hydrogen) atoms. The summed E-state index contributed by atoms with van der Waals surface area (Å²) in [7, 11) is 0. The Labute approximate surface area is 95.3 Å². The van der Waals surface area contributed by atoms with Gasteiger partial charge in [-0.15, -0.1) is 0 Å². The van der Waals surface area contributed by atoms with Crippen LogP contribution in [0.5, 0.6) is 0 Å². The largest absolute Gasteiger partial charge is 0.241 e. The fraction of sp³-hybridized carbons (Fsp3) is 0.0909. The van der Waals surface area contributed by atoms with Crippen LogP contribution in [-0.4, -0.2) is 9.97 Å². The molecule has 0 saturated heterocycles. The molecule has 2 aromatic rings. The third-order valence-electron chi connectivity index (χ3n) is 1.99. The van der Waals surface area contributed by atoms with Gasteiger partial charge in [-0.25, -0.2) is 14.4 Å². The number of benzene rings is 1. The Morgan fingerprint density at radius 3 is 2.53 bits per heavy atom. The van der Waals surface area contributed by atoms with Crippen LogP contribution in [0.1, 0.15) is 11.3 Å². The molecule has 1 heterocycles. The van der Waals surface area contributed by atoms with Crippen molar-refractivity contribution in [2.24, 2.45) is 0 Å². The lowest BCUT2D eigenvalue weighted by atomic mass is 10.1. The summed E-state index contributed by atoms with van der Waals surface area (Å²) in [4.78, 5) is 8.06. The van der Waals surface area contributed by atoms with Crippen LogP contribution in [0, 0.1) is 5.82 Å². The maximum atomic E-state index is 12.7. The van der Waals surface area contributed by atoms with E-state index in [-0.39, 0.29) is 5.82 Å². The van der Waals surface area contributed by atoms with Crippen molar-refractivity contribution in [3.8, 4) is 0 Å². The van der Waals surface area contributed by atoms with Crippen molar-refractivity contribution < 1.29 is 4.39 Å². The van der Waals surface area contributed by atoms with E-state index < -0.39 is 0 Å². The SMILES string of the molecule is Fc1ccc(Cc2cc(Br)ncn2)cc1. The molecular weight excluding hydrogens is 259 g/mol. The molecule has 2 nitrogen and oxygen atoms in total. The first kappa shape index (κ1) is 10.2. The minimum Gasteiger partial charge on any atom is -0.241 e. The average Bonchev–Trinajstić information content (AvgIpc) is 2.22. The zero-order valence-corrected chi connectivity index (χ0v) is 9.41. The topological polar surface area (TPSA) is 25.8 Å². The van der Waals surface area contributed by atoms with Crippen LogP contribution in [0.3, 0.4) is 0 Å². The molecule has 0 aliphatic carbocycles. The van der Waals surface area contributed by atoms with Gasteiger partial charge in [0.25, 0.3) is 0 Å². The number of rotatable bonds is 2. The maximum absolute atomic E-state index is 12.7. The van der Waals surface area contributed by atoms with E-state index in [2.05, 4.69) is 25.9 Å². The molecule has 0 spiro atoms. The standard InChI is InChI=1S/C11H8BrFN2/c12-11-6-10(14-7-15-11)5-8-1-3-9(13)4-2-8/h1-4,6-7H,5H2. The van der Waals surface area contributed by atoms with Gasteiger partial charge in [-0.2, -0.15) is 0 Å². The first-order valence-electron chi connectivity index (χ1n) is 4.45. The fourth-order valence-corrected chi connectivity index (χ4v) is 1.63. The van der Waals surface area contributed by atoms with Crippen LogP contribution in [0.4, 0.5) is 4.39 Å². The lowest BCUT2D eigenvalue weighted by Crippen LogP contribution is -1.93. The Morgan fingerprint density at radius 2 is 1.87 bits per heavy atom. The second kappa shape index (κ2) is 4.49. The van der Waals surface area contributed by atoms with Gasteiger partial charge in [-0.1, -0.05) is 12.1 Å². The van der Waals surface area contributed by atoms with E-state index in [4.69, 9.17) is 0 Å². The Morgan fingerprint density at radius 1 is 1.13 bits per heavy atom. The lowest BCUT2D eigenvalue weighted by Gasteiger charge is -2.00. The minimum absolute atomic E-state index is 0.220. The van der Waals surface area contributed by atoms with Crippen LogP contribution >= 0.6 is 15.9 Å². The van der Waals surface area contributed by atoms with Gasteiger partial charge in [0.05, 0.1) is 0 Å². The highest BCUT2D eigenvalue weighted by molar-refractivity contribution is 9.10. The van der Waals surface area contributed by atoms with Gasteiger partial charge in [-0.05, 0) is 39.7 Å². The predicted octanol–water partition coefficient (Wildman–Crippen LogP) is 2.97. The Hall–Kier alpha value is -1.29. The van der Waals surface area contributed by atoms with Gasteiger partial charge in [0.2, 0.25) is 0 Å². The number of nitrogens with zero attached hydrogens (tertiary/aromatic N) is 2. The van der Waals surface area contributed by atoms with Crippen LogP contribution in [0.2, 0.25) is 0 Å². The first-order valence-corrected chi connectivity index (χ1v) is 5.24. The molecule has 0 aliphatic heterocycles. The van der Waals surface area contributed by atoms with Crippen LogP contribution in [0.15, 0.2) is 41.3 Å². The van der Waals surface area contributed by atoms with Crippen molar-refractivity contribution in [3.63, 3.8) is 0 Å². The zero-order valence-electron chi connectivity index (χ0n) is 7.82. The number of hydrogen-bond acceptors (Lipinski definition) is 2. The highest BCUT2D eigenvalue weighted by atomic mass is 79.9. The van der Waals surface area contributed by atoms with Crippen LogP contribution in [-0.2, 0) is 6.42 Å². The second-order valence-corrected chi connectivity index (χ2v) is 3.95. The van der Waals surface area contributed by atoms with Crippen molar-refractivity contribution in [3.05, 3.63) is 58.3 Å². The summed E-state index contributed by atoms with van der Waals surface area (Å²) < 4.78 is 13.4. The number of hydrogen-bond donors (Lipinski definition) is 0. The van der Waals surface area contributed by atoms with E-state index >= 15 is 0 Å². The predicted molar refractivity (Wildman–Crippen MR) is 58.9 cm³/mol. The van der Waals surface area contributed by atoms with Crippen LogP contribution in [0.25, 0.3) is 0 Å². The average molecular weight is 267 g/mol. The molecule has 0 radical (unpaired) electrons. The quantitative estimate of drug-likeness (QED) is 0.782. The molecule has 0 unspecified atom stereocenters. The number of halogens is 2. The third-order valence-corrected chi connectivity index (χ3v) is 2.42. The minimum atomic E-state index is -0.220. The summed E-state index contributed by atoms with van der Waals surface area (Å²) in [5.74, 6) is -0.220. The van der Waals surface area contributed by atoms with Gasteiger partial charge >= 0.3 is 0 Å². The van der Waals surface area contributed by atoms with Crippen molar-refractivity contribution in [2.75, 3.05) is 0 Å². The smallest absolute Gasteiger partial charge is 0.123 e. The summed E-state index contributed by atoms with van der Waals surface area (Å²) in [5.41, 5.74) is 1.94. The fourth-order valence-electron chi connectivity index (χ4n) is 1.28. The van der Waals surface area contributed by atoms with Crippen molar-refractivity contribution in [2.45, 2.75) is 6.42 Å². The molecule has 0 saturated carbocycles. The zero-order chi connectivity index (χ0) is 10.7. The van der Waals surface area contributed by atoms with Crippen molar-refractivity contribution in [1.82, 2.24) is 9.97 Å². The summed E-state index contributed by atoms with van der Waals surface area (Å²) in [6.45, 7) is 0. The molecule has 76 valence electrons. The highest BCUT2D eigenvalue weighted by Gasteiger charge is 1.99. The molecule has 4 heteroatoms. The molecule has 0 aliphatic rings. The summed E-state index contributed by atoms with van der Waals surface area (Å²) in [6, 6.07) is 8.26. The molecule has 0 N–H and O–H groups in total. The van der Waals surface area contributed by atoms with E-state index in [0.29, 0.717) is 6.42 Å². The lowest BCUT2D eigenvalue weighted by molar-refractivity contribution is 0.627. The van der Waals surface area contributed by atoms with Crippen molar-refractivity contribution in [1.29, 1.82) is 0 Å². The maximum Gasteiger partial charge on any atom is 0.123 e. The molecule has 2 rings (SSSR count). The summed E-state index contributed by atoms with van der Waals surface area (Å²) in [6.07, 6.45) is 2.18. The molecular formula is C11H8BrFN2.